The van der Waals surface area contributed by atoms with Crippen molar-refractivity contribution in [2.24, 2.45) is 0 Å². The van der Waals surface area contributed by atoms with Crippen molar-refractivity contribution in [1.82, 2.24) is 25.1 Å². The SMILES string of the molecule is CC(C)N(Cc1ccccc1)C(=O)c1nnn(-c2ccc(F)cc2)n1. The van der Waals surface area contributed by atoms with Crippen LogP contribution < -0.4 is 0 Å². The Bertz CT molecular complexity index is 845. The van der Waals surface area contributed by atoms with Crippen LogP contribution in [0.1, 0.15) is 30.0 Å². The first-order valence-corrected chi connectivity index (χ1v) is 7.95. The van der Waals surface area contributed by atoms with Gasteiger partial charge in [0.25, 0.3) is 11.7 Å². The average Bonchev–Trinajstić information content (AvgIpc) is 3.10. The minimum atomic E-state index is -0.353. The van der Waals surface area contributed by atoms with E-state index in [1.165, 1.54) is 29.1 Å². The molecule has 7 heteroatoms. The van der Waals surface area contributed by atoms with Crippen molar-refractivity contribution >= 4 is 5.91 Å². The fourth-order valence-electron chi connectivity index (χ4n) is 2.38. The largest absolute Gasteiger partial charge is 0.329 e. The Hall–Kier alpha value is -3.09. The first-order chi connectivity index (χ1) is 12.0. The summed E-state index contributed by atoms with van der Waals surface area (Å²) in [4.78, 5) is 15.7. The third-order valence-electron chi connectivity index (χ3n) is 3.74. The molecule has 0 saturated heterocycles. The molecule has 0 aliphatic rings. The maximum atomic E-state index is 13.0. The zero-order valence-corrected chi connectivity index (χ0v) is 14.0. The van der Waals surface area contributed by atoms with Crippen LogP contribution in [0.15, 0.2) is 54.6 Å². The molecule has 0 spiro atoms. The quantitative estimate of drug-likeness (QED) is 0.717. The zero-order valence-electron chi connectivity index (χ0n) is 14.0. The Balaban J connectivity index is 1.82. The molecule has 0 aliphatic carbocycles. The molecule has 1 amide bonds. The molecule has 3 rings (SSSR count). The van der Waals surface area contributed by atoms with Crippen LogP contribution in [-0.4, -0.2) is 37.1 Å². The van der Waals surface area contributed by atoms with Crippen LogP contribution in [0.3, 0.4) is 0 Å². The van der Waals surface area contributed by atoms with Gasteiger partial charge in [-0.2, -0.15) is 0 Å². The average molecular weight is 339 g/mol. The molecule has 2 aromatic carbocycles. The second-order valence-electron chi connectivity index (χ2n) is 5.89. The van der Waals surface area contributed by atoms with Gasteiger partial charge < -0.3 is 4.90 Å². The van der Waals surface area contributed by atoms with Gasteiger partial charge in [0.05, 0.1) is 5.69 Å². The van der Waals surface area contributed by atoms with Gasteiger partial charge in [-0.3, -0.25) is 4.79 Å². The number of amides is 1. The summed E-state index contributed by atoms with van der Waals surface area (Å²) in [6.07, 6.45) is 0. The Labute approximate surface area is 144 Å². The maximum absolute atomic E-state index is 13.0. The fourth-order valence-corrected chi connectivity index (χ4v) is 2.38. The van der Waals surface area contributed by atoms with Crippen molar-refractivity contribution in [3.8, 4) is 5.69 Å². The van der Waals surface area contributed by atoms with E-state index < -0.39 is 0 Å². The molecular formula is C18H18FN5O. The predicted octanol–water partition coefficient (Wildman–Crippen LogP) is 2.85. The van der Waals surface area contributed by atoms with Gasteiger partial charge in [-0.05, 0) is 48.9 Å². The van der Waals surface area contributed by atoms with Gasteiger partial charge in [-0.1, -0.05) is 30.3 Å². The number of carbonyl (C=O) groups is 1. The zero-order chi connectivity index (χ0) is 17.8. The minimum absolute atomic E-state index is 0.00829. The molecule has 0 atom stereocenters. The molecule has 128 valence electrons. The summed E-state index contributed by atoms with van der Waals surface area (Å²) < 4.78 is 13.0. The van der Waals surface area contributed by atoms with Crippen molar-refractivity contribution in [2.75, 3.05) is 0 Å². The van der Waals surface area contributed by atoms with E-state index >= 15 is 0 Å². The van der Waals surface area contributed by atoms with E-state index in [2.05, 4.69) is 15.4 Å². The smallest absolute Gasteiger partial charge is 0.296 e. The third kappa shape index (κ3) is 3.88. The van der Waals surface area contributed by atoms with Gasteiger partial charge in [0.1, 0.15) is 5.82 Å². The molecule has 6 nitrogen and oxygen atoms in total. The summed E-state index contributed by atoms with van der Waals surface area (Å²) in [5.41, 5.74) is 1.56. The van der Waals surface area contributed by atoms with E-state index in [1.54, 1.807) is 4.90 Å². The molecule has 1 aromatic heterocycles. The van der Waals surface area contributed by atoms with Gasteiger partial charge in [-0.15, -0.1) is 15.0 Å². The summed E-state index contributed by atoms with van der Waals surface area (Å²) in [6, 6.07) is 15.3. The molecule has 25 heavy (non-hydrogen) atoms. The number of carbonyl (C=O) groups excluding carboxylic acids is 1. The highest BCUT2D eigenvalue weighted by Crippen LogP contribution is 2.12. The van der Waals surface area contributed by atoms with Gasteiger partial charge in [0.15, 0.2) is 0 Å². The number of hydrogen-bond acceptors (Lipinski definition) is 4. The van der Waals surface area contributed by atoms with E-state index in [9.17, 15) is 9.18 Å². The number of halogens is 1. The standard InChI is InChI=1S/C18H18FN5O/c1-13(2)23(12-14-6-4-3-5-7-14)18(25)17-20-22-24(21-17)16-10-8-15(19)9-11-16/h3-11,13H,12H2,1-2H3. The van der Waals surface area contributed by atoms with E-state index in [0.29, 0.717) is 12.2 Å². The van der Waals surface area contributed by atoms with Crippen LogP contribution in [0.4, 0.5) is 4.39 Å². The monoisotopic (exact) mass is 339 g/mol. The second kappa shape index (κ2) is 7.21. The molecule has 1 heterocycles. The Morgan fingerprint density at radius 2 is 1.80 bits per heavy atom. The molecular weight excluding hydrogens is 321 g/mol. The fraction of sp³-hybridized carbons (Fsp3) is 0.222. The van der Waals surface area contributed by atoms with E-state index in [1.807, 2.05) is 44.2 Å². The lowest BCUT2D eigenvalue weighted by Gasteiger charge is -2.25. The molecule has 0 aliphatic heterocycles. The highest BCUT2D eigenvalue weighted by atomic mass is 19.1. The molecule has 0 saturated carbocycles. The van der Waals surface area contributed by atoms with E-state index in [-0.39, 0.29) is 23.6 Å². The van der Waals surface area contributed by atoms with Gasteiger partial charge in [-0.25, -0.2) is 4.39 Å². The van der Waals surface area contributed by atoms with Crippen molar-refractivity contribution in [3.05, 3.63) is 71.8 Å². The van der Waals surface area contributed by atoms with E-state index in [0.717, 1.165) is 5.56 Å². The lowest BCUT2D eigenvalue weighted by Crippen LogP contribution is -2.37. The summed E-state index contributed by atoms with van der Waals surface area (Å²) in [6.45, 7) is 4.33. The normalized spacial score (nSPS) is 10.9. The summed E-state index contributed by atoms with van der Waals surface area (Å²) in [5.74, 6) is -0.643. The third-order valence-corrected chi connectivity index (χ3v) is 3.74. The topological polar surface area (TPSA) is 63.9 Å². The number of rotatable bonds is 5. The number of benzene rings is 2. The van der Waals surface area contributed by atoms with Crippen LogP contribution in [-0.2, 0) is 6.54 Å². The summed E-state index contributed by atoms with van der Waals surface area (Å²) in [5, 5.41) is 11.9. The molecule has 0 N–H and O–H groups in total. The van der Waals surface area contributed by atoms with Gasteiger partial charge in [0, 0.05) is 12.6 Å². The van der Waals surface area contributed by atoms with Crippen molar-refractivity contribution < 1.29 is 9.18 Å². The Kier molecular flexibility index (Phi) is 4.83. The molecule has 0 unspecified atom stereocenters. The first-order valence-electron chi connectivity index (χ1n) is 7.95. The highest BCUT2D eigenvalue weighted by Gasteiger charge is 2.23. The van der Waals surface area contributed by atoms with Crippen LogP contribution in [0.25, 0.3) is 5.69 Å². The lowest BCUT2D eigenvalue weighted by atomic mass is 10.2. The van der Waals surface area contributed by atoms with E-state index in [4.69, 9.17) is 0 Å². The van der Waals surface area contributed by atoms with Crippen molar-refractivity contribution in [3.63, 3.8) is 0 Å². The van der Waals surface area contributed by atoms with Crippen molar-refractivity contribution in [1.29, 1.82) is 0 Å². The summed E-state index contributed by atoms with van der Waals surface area (Å²) >= 11 is 0. The number of nitrogens with zero attached hydrogens (tertiary/aromatic N) is 5. The highest BCUT2D eigenvalue weighted by molar-refractivity contribution is 5.90. The molecule has 0 radical (unpaired) electrons. The second-order valence-corrected chi connectivity index (χ2v) is 5.89. The van der Waals surface area contributed by atoms with Crippen LogP contribution in [0.5, 0.6) is 0 Å². The van der Waals surface area contributed by atoms with Crippen molar-refractivity contribution in [2.45, 2.75) is 26.4 Å². The minimum Gasteiger partial charge on any atom is -0.329 e. The van der Waals surface area contributed by atoms with Gasteiger partial charge >= 0.3 is 0 Å². The van der Waals surface area contributed by atoms with Crippen LogP contribution in [0, 0.1) is 5.82 Å². The number of hydrogen-bond donors (Lipinski definition) is 0. The Morgan fingerprint density at radius 3 is 2.44 bits per heavy atom. The number of aromatic nitrogens is 4. The maximum Gasteiger partial charge on any atom is 0.296 e. The lowest BCUT2D eigenvalue weighted by molar-refractivity contribution is 0.0677. The first kappa shape index (κ1) is 16.8. The predicted molar refractivity (Wildman–Crippen MR) is 90.6 cm³/mol. The number of tetrazole rings is 1. The molecule has 0 bridgehead atoms. The van der Waals surface area contributed by atoms with Crippen LogP contribution in [0.2, 0.25) is 0 Å². The molecule has 3 aromatic rings. The summed E-state index contributed by atoms with van der Waals surface area (Å²) in [7, 11) is 0. The van der Waals surface area contributed by atoms with Crippen LogP contribution >= 0.6 is 0 Å². The Morgan fingerprint density at radius 1 is 1.12 bits per heavy atom. The van der Waals surface area contributed by atoms with Gasteiger partial charge in [0.2, 0.25) is 0 Å². The molecule has 0 fully saturated rings.